The first-order valence-corrected chi connectivity index (χ1v) is 11.3. The molecule has 1 amide bonds. The summed E-state index contributed by atoms with van der Waals surface area (Å²) in [4.78, 5) is 34.6. The van der Waals surface area contributed by atoms with Crippen molar-refractivity contribution in [1.82, 2.24) is 4.31 Å². The number of nitro benzene ring substituents is 1. The second-order valence-corrected chi connectivity index (χ2v) is 8.90. The third-order valence-corrected chi connectivity index (χ3v) is 6.69. The van der Waals surface area contributed by atoms with E-state index >= 15 is 0 Å². The third-order valence-electron chi connectivity index (χ3n) is 4.80. The van der Waals surface area contributed by atoms with Crippen molar-refractivity contribution in [3.05, 3.63) is 52.1 Å². The van der Waals surface area contributed by atoms with Gasteiger partial charge < -0.3 is 24.6 Å². The van der Waals surface area contributed by atoms with Crippen LogP contribution in [0.3, 0.4) is 0 Å². The standard InChI is InChI=1S/C20H21N3O10S/c1-31-18-10-13(23(27)28)2-4-16(18)21-19(25)12-33-20(26)15-11-14(3-5-17(15)24)34(29,30)22-6-8-32-9-7-22/h2-5,10-11,24H,6-9,12H2,1H3,(H,21,25). The molecule has 13 nitrogen and oxygen atoms in total. The van der Waals surface area contributed by atoms with Crippen molar-refractivity contribution in [2.45, 2.75) is 4.90 Å². The summed E-state index contributed by atoms with van der Waals surface area (Å²) in [5.74, 6) is -2.42. The van der Waals surface area contributed by atoms with Gasteiger partial charge in [-0.2, -0.15) is 4.31 Å². The van der Waals surface area contributed by atoms with E-state index in [0.717, 1.165) is 30.3 Å². The summed E-state index contributed by atoms with van der Waals surface area (Å²) in [6.45, 7) is -0.00880. The van der Waals surface area contributed by atoms with Gasteiger partial charge in [0.05, 0.1) is 41.9 Å². The number of methoxy groups -OCH3 is 1. The van der Waals surface area contributed by atoms with Gasteiger partial charge in [0.25, 0.3) is 11.6 Å². The minimum Gasteiger partial charge on any atom is -0.507 e. The van der Waals surface area contributed by atoms with Crippen LogP contribution in [-0.4, -0.2) is 74.6 Å². The largest absolute Gasteiger partial charge is 0.507 e. The molecule has 1 fully saturated rings. The molecular weight excluding hydrogens is 474 g/mol. The number of nitrogens with one attached hydrogen (secondary N) is 1. The van der Waals surface area contributed by atoms with Gasteiger partial charge >= 0.3 is 5.97 Å². The van der Waals surface area contributed by atoms with Crippen molar-refractivity contribution in [2.75, 3.05) is 45.3 Å². The fourth-order valence-corrected chi connectivity index (χ4v) is 4.50. The zero-order valence-corrected chi connectivity index (χ0v) is 18.7. The fourth-order valence-electron chi connectivity index (χ4n) is 3.07. The van der Waals surface area contributed by atoms with Crippen molar-refractivity contribution < 1.29 is 42.2 Å². The highest BCUT2D eigenvalue weighted by molar-refractivity contribution is 7.89. The molecule has 0 spiro atoms. The Bertz CT molecular complexity index is 1210. The Morgan fingerprint density at radius 1 is 1.21 bits per heavy atom. The Balaban J connectivity index is 1.68. The van der Waals surface area contributed by atoms with Crippen molar-refractivity contribution >= 4 is 33.3 Å². The number of anilines is 1. The molecule has 0 bridgehead atoms. The number of nitro groups is 1. The van der Waals surface area contributed by atoms with E-state index in [9.17, 15) is 33.2 Å². The monoisotopic (exact) mass is 495 g/mol. The number of nitrogens with zero attached hydrogens (tertiary/aromatic N) is 2. The van der Waals surface area contributed by atoms with Crippen LogP contribution in [0.2, 0.25) is 0 Å². The first-order valence-electron chi connectivity index (χ1n) is 9.84. The highest BCUT2D eigenvalue weighted by atomic mass is 32.2. The second-order valence-electron chi connectivity index (χ2n) is 6.96. The molecule has 1 aliphatic heterocycles. The number of carbonyl (C=O) groups excluding carboxylic acids is 2. The average Bonchev–Trinajstić information content (AvgIpc) is 2.83. The predicted octanol–water partition coefficient (Wildman–Crippen LogP) is 1.13. The van der Waals surface area contributed by atoms with Gasteiger partial charge in [0.15, 0.2) is 6.61 Å². The predicted molar refractivity (Wildman–Crippen MR) is 116 cm³/mol. The van der Waals surface area contributed by atoms with Gasteiger partial charge in [-0.15, -0.1) is 0 Å². The Hall–Kier alpha value is -3.75. The highest BCUT2D eigenvalue weighted by Crippen LogP contribution is 2.29. The number of sulfonamides is 1. The molecule has 1 saturated heterocycles. The Kier molecular flexibility index (Phi) is 7.65. The topological polar surface area (TPSA) is 175 Å². The van der Waals surface area contributed by atoms with Crippen molar-refractivity contribution in [2.24, 2.45) is 0 Å². The second kappa shape index (κ2) is 10.5. The van der Waals surface area contributed by atoms with Crippen LogP contribution in [0.4, 0.5) is 11.4 Å². The summed E-state index contributed by atoms with van der Waals surface area (Å²) in [6.07, 6.45) is 0. The molecule has 14 heteroatoms. The zero-order chi connectivity index (χ0) is 24.9. The van der Waals surface area contributed by atoms with Gasteiger partial charge in [-0.3, -0.25) is 14.9 Å². The Morgan fingerprint density at radius 2 is 1.91 bits per heavy atom. The lowest BCUT2D eigenvalue weighted by molar-refractivity contribution is -0.384. The average molecular weight is 495 g/mol. The Labute approximate surface area is 194 Å². The number of aromatic hydroxyl groups is 1. The van der Waals surface area contributed by atoms with Gasteiger partial charge in [0.2, 0.25) is 10.0 Å². The summed E-state index contributed by atoms with van der Waals surface area (Å²) in [6, 6.07) is 6.70. The van der Waals surface area contributed by atoms with E-state index in [-0.39, 0.29) is 48.3 Å². The SMILES string of the molecule is COc1cc([N+](=O)[O-])ccc1NC(=O)COC(=O)c1cc(S(=O)(=O)N2CCOCC2)ccc1O. The molecule has 0 saturated carbocycles. The number of hydrogen-bond acceptors (Lipinski definition) is 10. The van der Waals surface area contributed by atoms with Crippen molar-refractivity contribution in [3.63, 3.8) is 0 Å². The molecule has 0 aliphatic carbocycles. The van der Waals surface area contributed by atoms with Crippen molar-refractivity contribution in [3.8, 4) is 11.5 Å². The van der Waals surface area contributed by atoms with E-state index in [1.807, 2.05) is 0 Å². The van der Waals surface area contributed by atoms with Crippen LogP contribution in [0.25, 0.3) is 0 Å². The molecule has 2 N–H and O–H groups in total. The number of non-ortho nitro benzene ring substituents is 1. The summed E-state index contributed by atoms with van der Waals surface area (Å²) >= 11 is 0. The number of carbonyl (C=O) groups is 2. The van der Waals surface area contributed by atoms with Crippen LogP contribution in [0.5, 0.6) is 11.5 Å². The molecular formula is C20H21N3O10S. The minimum absolute atomic E-state index is 0.0209. The number of ether oxygens (including phenoxy) is 3. The van der Waals surface area contributed by atoms with Gasteiger partial charge in [0, 0.05) is 19.2 Å². The summed E-state index contributed by atoms with van der Waals surface area (Å²) in [7, 11) is -2.67. The van der Waals surface area contributed by atoms with Gasteiger partial charge in [-0.1, -0.05) is 0 Å². The number of hydrogen-bond donors (Lipinski definition) is 2. The smallest absolute Gasteiger partial charge is 0.342 e. The number of phenolic OH excluding ortho intramolecular Hbond substituents is 1. The van der Waals surface area contributed by atoms with E-state index in [2.05, 4.69) is 5.32 Å². The van der Waals surface area contributed by atoms with Crippen LogP contribution in [0.1, 0.15) is 10.4 Å². The fraction of sp³-hybridized carbons (Fsp3) is 0.300. The molecule has 1 heterocycles. The zero-order valence-electron chi connectivity index (χ0n) is 17.9. The summed E-state index contributed by atoms with van der Waals surface area (Å²) in [5.41, 5.74) is -0.575. The van der Waals surface area contributed by atoms with Gasteiger partial charge in [-0.05, 0) is 24.3 Å². The lowest BCUT2D eigenvalue weighted by atomic mass is 10.2. The summed E-state index contributed by atoms with van der Waals surface area (Å²) < 4.78 is 41.8. The maximum Gasteiger partial charge on any atom is 0.342 e. The van der Waals surface area contributed by atoms with Crippen LogP contribution in [0.15, 0.2) is 41.3 Å². The molecule has 2 aromatic rings. The van der Waals surface area contributed by atoms with Crippen LogP contribution in [-0.2, 0) is 24.3 Å². The van der Waals surface area contributed by atoms with Gasteiger partial charge in [0.1, 0.15) is 17.1 Å². The van der Waals surface area contributed by atoms with E-state index in [1.54, 1.807) is 0 Å². The maximum atomic E-state index is 12.8. The molecule has 182 valence electrons. The quantitative estimate of drug-likeness (QED) is 0.307. The number of phenols is 1. The van der Waals surface area contributed by atoms with E-state index in [4.69, 9.17) is 14.2 Å². The number of benzene rings is 2. The normalized spacial score (nSPS) is 14.3. The van der Waals surface area contributed by atoms with E-state index in [0.29, 0.717) is 0 Å². The molecule has 0 radical (unpaired) electrons. The number of rotatable bonds is 8. The van der Waals surface area contributed by atoms with E-state index < -0.39 is 44.7 Å². The lowest BCUT2D eigenvalue weighted by Gasteiger charge is -2.26. The first kappa shape index (κ1) is 24.9. The molecule has 34 heavy (non-hydrogen) atoms. The molecule has 0 aromatic heterocycles. The van der Waals surface area contributed by atoms with E-state index in [1.165, 1.54) is 17.5 Å². The molecule has 0 atom stereocenters. The molecule has 2 aromatic carbocycles. The lowest BCUT2D eigenvalue weighted by Crippen LogP contribution is -2.40. The number of amides is 1. The highest BCUT2D eigenvalue weighted by Gasteiger charge is 2.28. The maximum absolute atomic E-state index is 12.8. The number of esters is 1. The molecule has 3 rings (SSSR count). The van der Waals surface area contributed by atoms with Gasteiger partial charge in [-0.25, -0.2) is 13.2 Å². The minimum atomic E-state index is -3.93. The third kappa shape index (κ3) is 5.59. The summed E-state index contributed by atoms with van der Waals surface area (Å²) in [5, 5.41) is 23.3. The van der Waals surface area contributed by atoms with Crippen LogP contribution in [0, 0.1) is 10.1 Å². The Morgan fingerprint density at radius 3 is 2.56 bits per heavy atom. The first-order chi connectivity index (χ1) is 16.1. The van der Waals surface area contributed by atoms with Crippen LogP contribution < -0.4 is 10.1 Å². The molecule has 0 unspecified atom stereocenters. The van der Waals surface area contributed by atoms with Crippen LogP contribution >= 0.6 is 0 Å². The molecule has 1 aliphatic rings. The van der Waals surface area contributed by atoms with Crippen molar-refractivity contribution in [1.29, 1.82) is 0 Å². The number of morpholine rings is 1.